The van der Waals surface area contributed by atoms with Crippen LogP contribution in [-0.2, 0) is 0 Å². The van der Waals surface area contributed by atoms with Crippen molar-refractivity contribution in [3.8, 4) is 17.1 Å². The minimum absolute atomic E-state index is 0.746. The molecule has 2 heterocycles. The molecule has 0 amide bonds. The minimum Gasteiger partial charge on any atom is -0.497 e. The number of imidazole rings is 1. The van der Waals surface area contributed by atoms with Gasteiger partial charge in [0.1, 0.15) is 11.6 Å². The van der Waals surface area contributed by atoms with E-state index in [-0.39, 0.29) is 0 Å². The number of aromatic amines is 1. The summed E-state index contributed by atoms with van der Waals surface area (Å²) < 4.78 is 5.28. The summed E-state index contributed by atoms with van der Waals surface area (Å²) in [6, 6.07) is 12.0. The molecule has 3 aromatic rings. The topological polar surface area (TPSA) is 50.8 Å². The van der Waals surface area contributed by atoms with Gasteiger partial charge in [-0.3, -0.25) is 0 Å². The lowest BCUT2D eigenvalue weighted by atomic mass is 10.0. The predicted molar refractivity (Wildman–Crippen MR) is 92.2 cm³/mol. The number of benzene rings is 1. The Labute approximate surface area is 134 Å². The van der Waals surface area contributed by atoms with E-state index in [0.29, 0.717) is 0 Å². The smallest absolute Gasteiger partial charge is 0.178 e. The number of nitrogens with one attached hydrogen (secondary N) is 1. The Morgan fingerprint density at radius 1 is 1.13 bits per heavy atom. The zero-order valence-corrected chi connectivity index (χ0v) is 12.9. The molecule has 0 aliphatic heterocycles. The van der Waals surface area contributed by atoms with E-state index >= 15 is 0 Å². The van der Waals surface area contributed by atoms with Crippen LogP contribution in [0.2, 0.25) is 0 Å². The summed E-state index contributed by atoms with van der Waals surface area (Å²) in [6.45, 7) is 0. The molecule has 0 bridgehead atoms. The molecule has 2 aromatic heterocycles. The molecule has 23 heavy (non-hydrogen) atoms. The maximum Gasteiger partial charge on any atom is 0.178 e. The molecule has 4 nitrogen and oxygen atoms in total. The first-order chi connectivity index (χ1) is 11.3. The molecule has 0 atom stereocenters. The van der Waals surface area contributed by atoms with E-state index in [0.717, 1.165) is 46.8 Å². The quantitative estimate of drug-likeness (QED) is 0.781. The van der Waals surface area contributed by atoms with E-state index in [4.69, 9.17) is 9.72 Å². The highest BCUT2D eigenvalue weighted by Gasteiger charge is 2.10. The van der Waals surface area contributed by atoms with Crippen molar-refractivity contribution >= 4 is 16.7 Å². The predicted octanol–water partition coefficient (Wildman–Crippen LogP) is 4.37. The van der Waals surface area contributed by atoms with Gasteiger partial charge in [-0.25, -0.2) is 9.97 Å². The highest BCUT2D eigenvalue weighted by atomic mass is 16.5. The first-order valence-electron chi connectivity index (χ1n) is 7.71. The number of methoxy groups -OCH3 is 1. The highest BCUT2D eigenvalue weighted by molar-refractivity contribution is 5.79. The molecule has 1 aliphatic rings. The fourth-order valence-corrected chi connectivity index (χ4v) is 2.79. The largest absolute Gasteiger partial charge is 0.497 e. The van der Waals surface area contributed by atoms with Crippen molar-refractivity contribution in [3.63, 3.8) is 0 Å². The summed E-state index contributed by atoms with van der Waals surface area (Å²) in [5.41, 5.74) is 4.95. The SMILES string of the molecule is COc1cccc(-c2nc3nc(C4=CC=CCC4)ccc3[nH]2)c1. The molecule has 0 fully saturated rings. The lowest BCUT2D eigenvalue weighted by Crippen LogP contribution is -1.92. The van der Waals surface area contributed by atoms with Gasteiger partial charge in [0.15, 0.2) is 5.65 Å². The van der Waals surface area contributed by atoms with Crippen LogP contribution in [-0.4, -0.2) is 22.1 Å². The number of hydrogen-bond donors (Lipinski definition) is 1. The van der Waals surface area contributed by atoms with Crippen molar-refractivity contribution < 1.29 is 4.74 Å². The molecular formula is C19H17N3O. The Hall–Kier alpha value is -2.88. The highest BCUT2D eigenvalue weighted by Crippen LogP contribution is 2.26. The maximum atomic E-state index is 5.28. The lowest BCUT2D eigenvalue weighted by Gasteiger charge is -2.07. The molecule has 114 valence electrons. The van der Waals surface area contributed by atoms with Crippen LogP contribution in [0.15, 0.2) is 54.6 Å². The number of nitrogens with zero attached hydrogens (tertiary/aromatic N) is 2. The Morgan fingerprint density at radius 3 is 2.91 bits per heavy atom. The molecule has 0 saturated carbocycles. The first-order valence-corrected chi connectivity index (χ1v) is 7.71. The molecule has 0 unspecified atom stereocenters. The average molecular weight is 303 g/mol. The standard InChI is InChI=1S/C19H17N3O/c1-23-15-9-5-8-14(12-15)18-21-17-11-10-16(20-19(17)22-18)13-6-3-2-4-7-13/h2-3,5-6,8-12H,4,7H2,1H3,(H,20,21,22). The summed E-state index contributed by atoms with van der Waals surface area (Å²) in [7, 11) is 1.66. The van der Waals surface area contributed by atoms with E-state index in [2.05, 4.69) is 34.3 Å². The Morgan fingerprint density at radius 2 is 2.09 bits per heavy atom. The van der Waals surface area contributed by atoms with Gasteiger partial charge in [0.25, 0.3) is 0 Å². The molecule has 1 aliphatic carbocycles. The number of rotatable bonds is 3. The van der Waals surface area contributed by atoms with Crippen LogP contribution in [0.4, 0.5) is 0 Å². The number of hydrogen-bond acceptors (Lipinski definition) is 3. The third-order valence-corrected chi connectivity index (χ3v) is 4.03. The van der Waals surface area contributed by atoms with Gasteiger partial charge in [-0.1, -0.05) is 30.4 Å². The second-order valence-electron chi connectivity index (χ2n) is 5.54. The maximum absolute atomic E-state index is 5.28. The van der Waals surface area contributed by atoms with E-state index in [1.807, 2.05) is 30.3 Å². The van der Waals surface area contributed by atoms with Crippen molar-refractivity contribution in [2.45, 2.75) is 12.8 Å². The number of fused-ring (bicyclic) bond motifs is 1. The van der Waals surface area contributed by atoms with Gasteiger partial charge in [-0.2, -0.15) is 0 Å². The second kappa shape index (κ2) is 5.72. The third kappa shape index (κ3) is 2.63. The molecule has 4 rings (SSSR count). The van der Waals surface area contributed by atoms with Crippen molar-refractivity contribution in [1.82, 2.24) is 15.0 Å². The lowest BCUT2D eigenvalue weighted by molar-refractivity contribution is 0.415. The number of H-pyrrole nitrogens is 1. The fourth-order valence-electron chi connectivity index (χ4n) is 2.79. The zero-order chi connectivity index (χ0) is 15.6. The molecule has 1 aromatic carbocycles. The van der Waals surface area contributed by atoms with Crippen LogP contribution in [0.5, 0.6) is 5.75 Å². The number of pyridine rings is 1. The van der Waals surface area contributed by atoms with Gasteiger partial charge < -0.3 is 9.72 Å². The van der Waals surface area contributed by atoms with Crippen molar-refractivity contribution in [2.75, 3.05) is 7.11 Å². The molecule has 0 spiro atoms. The monoisotopic (exact) mass is 303 g/mol. The van der Waals surface area contributed by atoms with E-state index < -0.39 is 0 Å². The fraction of sp³-hybridized carbons (Fsp3) is 0.158. The Kier molecular flexibility index (Phi) is 3.42. The summed E-state index contributed by atoms with van der Waals surface area (Å²) >= 11 is 0. The van der Waals surface area contributed by atoms with Gasteiger partial charge >= 0.3 is 0 Å². The van der Waals surface area contributed by atoms with Gasteiger partial charge in [0, 0.05) is 5.56 Å². The van der Waals surface area contributed by atoms with Crippen LogP contribution < -0.4 is 4.74 Å². The van der Waals surface area contributed by atoms with Crippen molar-refractivity contribution in [1.29, 1.82) is 0 Å². The van der Waals surface area contributed by atoms with Gasteiger partial charge in [-0.05, 0) is 42.7 Å². The molecule has 0 saturated heterocycles. The van der Waals surface area contributed by atoms with Gasteiger partial charge in [0.2, 0.25) is 0 Å². The van der Waals surface area contributed by atoms with Gasteiger partial charge in [0.05, 0.1) is 18.3 Å². The minimum atomic E-state index is 0.746. The number of aromatic nitrogens is 3. The summed E-state index contributed by atoms with van der Waals surface area (Å²) in [5.74, 6) is 1.62. The second-order valence-corrected chi connectivity index (χ2v) is 5.54. The van der Waals surface area contributed by atoms with Crippen molar-refractivity contribution in [3.05, 3.63) is 60.3 Å². The van der Waals surface area contributed by atoms with Crippen LogP contribution in [0, 0.1) is 0 Å². The first kappa shape index (κ1) is 13.8. The Bertz CT molecular complexity index is 921. The molecular weight excluding hydrogens is 286 g/mol. The number of ether oxygens (including phenoxy) is 1. The normalized spacial score (nSPS) is 14.0. The van der Waals surface area contributed by atoms with Crippen LogP contribution >= 0.6 is 0 Å². The summed E-state index contributed by atoms with van der Waals surface area (Å²) in [4.78, 5) is 12.7. The number of allylic oxidation sites excluding steroid dienone is 4. The molecule has 1 N–H and O–H groups in total. The molecule has 0 radical (unpaired) electrons. The van der Waals surface area contributed by atoms with Crippen LogP contribution in [0.25, 0.3) is 28.1 Å². The van der Waals surface area contributed by atoms with Crippen molar-refractivity contribution in [2.24, 2.45) is 0 Å². The Balaban J connectivity index is 1.75. The average Bonchev–Trinajstić information content (AvgIpc) is 3.06. The van der Waals surface area contributed by atoms with Crippen LogP contribution in [0.3, 0.4) is 0 Å². The van der Waals surface area contributed by atoms with Gasteiger partial charge in [-0.15, -0.1) is 0 Å². The van der Waals surface area contributed by atoms with E-state index in [1.54, 1.807) is 7.11 Å². The summed E-state index contributed by atoms with van der Waals surface area (Å²) in [5, 5.41) is 0. The van der Waals surface area contributed by atoms with Crippen LogP contribution in [0.1, 0.15) is 18.5 Å². The molecule has 4 heteroatoms. The van der Waals surface area contributed by atoms with E-state index in [1.165, 1.54) is 5.57 Å². The summed E-state index contributed by atoms with van der Waals surface area (Å²) in [6.07, 6.45) is 8.51. The third-order valence-electron chi connectivity index (χ3n) is 4.03. The zero-order valence-electron chi connectivity index (χ0n) is 12.9. The van der Waals surface area contributed by atoms with E-state index in [9.17, 15) is 0 Å².